The van der Waals surface area contributed by atoms with Crippen LogP contribution in [0.4, 0.5) is 0 Å². The first kappa shape index (κ1) is 13.3. The molecule has 1 N–H and O–H groups in total. The molecule has 0 fully saturated rings. The minimum Gasteiger partial charge on any atom is -0.492 e. The van der Waals surface area contributed by atoms with E-state index >= 15 is 0 Å². The van der Waals surface area contributed by atoms with Crippen LogP contribution in [0.5, 0.6) is 5.75 Å². The second-order valence-electron chi connectivity index (χ2n) is 3.88. The zero-order chi connectivity index (χ0) is 13.0. The zero-order valence-corrected chi connectivity index (χ0v) is 11.6. The second-order valence-corrected chi connectivity index (χ2v) is 5.23. The molecule has 0 saturated carbocycles. The van der Waals surface area contributed by atoms with Gasteiger partial charge in [-0.2, -0.15) is 0 Å². The first-order chi connectivity index (χ1) is 8.70. The summed E-state index contributed by atoms with van der Waals surface area (Å²) in [6, 6.07) is 5.31. The van der Waals surface area contributed by atoms with Crippen molar-refractivity contribution in [2.45, 2.75) is 20.0 Å². The zero-order valence-electron chi connectivity index (χ0n) is 10.0. The van der Waals surface area contributed by atoms with Crippen molar-refractivity contribution in [2.24, 2.45) is 0 Å². The number of aliphatic hydroxyl groups is 1. The smallest absolute Gasteiger partial charge is 0.137 e. The number of aliphatic hydroxyl groups excluding tert-OH is 1. The quantitative estimate of drug-likeness (QED) is 0.916. The molecule has 0 saturated heterocycles. The van der Waals surface area contributed by atoms with Crippen LogP contribution in [0.1, 0.15) is 16.1 Å². The van der Waals surface area contributed by atoms with Crippen LogP contribution in [0.25, 0.3) is 0 Å². The Morgan fingerprint density at radius 2 is 2.28 bits per heavy atom. The van der Waals surface area contributed by atoms with Gasteiger partial charge < -0.3 is 9.84 Å². The van der Waals surface area contributed by atoms with Crippen LogP contribution >= 0.6 is 22.9 Å². The summed E-state index contributed by atoms with van der Waals surface area (Å²) in [4.78, 5) is 5.43. The standard InChI is InChI=1S/C13H14ClNO2S/c1-9-13(18-8-15-9)4-5-17-12-3-2-10(7-16)6-11(12)14/h2-3,6,8,16H,4-5,7H2,1H3. The first-order valence-corrected chi connectivity index (χ1v) is 6.87. The number of hydrogen-bond acceptors (Lipinski definition) is 4. The van der Waals surface area contributed by atoms with Crippen molar-refractivity contribution in [3.8, 4) is 5.75 Å². The van der Waals surface area contributed by atoms with E-state index in [1.54, 1.807) is 29.5 Å². The van der Waals surface area contributed by atoms with Gasteiger partial charge in [-0.15, -0.1) is 11.3 Å². The van der Waals surface area contributed by atoms with Crippen molar-refractivity contribution in [3.05, 3.63) is 44.9 Å². The lowest BCUT2D eigenvalue weighted by Crippen LogP contribution is -2.01. The highest BCUT2D eigenvalue weighted by molar-refractivity contribution is 7.09. The molecular formula is C13H14ClNO2S. The fourth-order valence-electron chi connectivity index (χ4n) is 1.58. The van der Waals surface area contributed by atoms with Gasteiger partial charge in [0.1, 0.15) is 5.75 Å². The van der Waals surface area contributed by atoms with E-state index in [9.17, 15) is 0 Å². The maximum absolute atomic E-state index is 8.98. The highest BCUT2D eigenvalue weighted by Gasteiger charge is 2.05. The molecule has 0 atom stereocenters. The van der Waals surface area contributed by atoms with Crippen LogP contribution < -0.4 is 4.74 Å². The van der Waals surface area contributed by atoms with Crippen molar-refractivity contribution >= 4 is 22.9 Å². The van der Waals surface area contributed by atoms with Crippen molar-refractivity contribution in [1.82, 2.24) is 4.98 Å². The number of nitrogens with zero attached hydrogens (tertiary/aromatic N) is 1. The summed E-state index contributed by atoms with van der Waals surface area (Å²) in [7, 11) is 0. The number of halogens is 1. The van der Waals surface area contributed by atoms with Crippen LogP contribution in [-0.2, 0) is 13.0 Å². The van der Waals surface area contributed by atoms with Gasteiger partial charge in [-0.3, -0.25) is 0 Å². The lowest BCUT2D eigenvalue weighted by Gasteiger charge is -2.08. The maximum atomic E-state index is 8.98. The normalized spacial score (nSPS) is 10.6. The molecule has 0 aliphatic heterocycles. The largest absolute Gasteiger partial charge is 0.492 e. The van der Waals surface area contributed by atoms with Crippen molar-refractivity contribution < 1.29 is 9.84 Å². The van der Waals surface area contributed by atoms with Gasteiger partial charge in [0.15, 0.2) is 0 Å². The number of benzene rings is 1. The topological polar surface area (TPSA) is 42.4 Å². The molecule has 0 bridgehead atoms. The summed E-state index contributed by atoms with van der Waals surface area (Å²) >= 11 is 7.69. The van der Waals surface area contributed by atoms with Crippen LogP contribution in [0, 0.1) is 6.92 Å². The Labute approximate surface area is 115 Å². The second kappa shape index (κ2) is 6.18. The Kier molecular flexibility index (Phi) is 4.58. The highest BCUT2D eigenvalue weighted by atomic mass is 35.5. The van der Waals surface area contributed by atoms with E-state index in [2.05, 4.69) is 4.98 Å². The third-order valence-electron chi connectivity index (χ3n) is 2.61. The molecule has 18 heavy (non-hydrogen) atoms. The molecule has 2 aromatic rings. The summed E-state index contributed by atoms with van der Waals surface area (Å²) in [5.74, 6) is 0.649. The average Bonchev–Trinajstić information content (AvgIpc) is 2.77. The summed E-state index contributed by atoms with van der Waals surface area (Å²) < 4.78 is 5.63. The van der Waals surface area contributed by atoms with Gasteiger partial charge >= 0.3 is 0 Å². The molecule has 1 aromatic carbocycles. The Balaban J connectivity index is 1.92. The lowest BCUT2D eigenvalue weighted by molar-refractivity contribution is 0.281. The van der Waals surface area contributed by atoms with E-state index in [-0.39, 0.29) is 6.61 Å². The molecule has 0 spiro atoms. The Bertz CT molecular complexity index is 527. The monoisotopic (exact) mass is 283 g/mol. The third kappa shape index (κ3) is 3.22. The summed E-state index contributed by atoms with van der Waals surface area (Å²) in [6.45, 7) is 2.55. The minimum absolute atomic E-state index is 0.0138. The molecule has 96 valence electrons. The number of rotatable bonds is 5. The third-order valence-corrected chi connectivity index (χ3v) is 3.90. The summed E-state index contributed by atoms with van der Waals surface area (Å²) in [5, 5.41) is 9.51. The molecule has 0 unspecified atom stereocenters. The molecule has 0 aliphatic carbocycles. The average molecular weight is 284 g/mol. The molecule has 1 heterocycles. The lowest BCUT2D eigenvalue weighted by atomic mass is 10.2. The molecule has 3 nitrogen and oxygen atoms in total. The fourth-order valence-corrected chi connectivity index (χ4v) is 2.60. The molecule has 0 radical (unpaired) electrons. The Hall–Kier alpha value is -1.10. The van der Waals surface area contributed by atoms with Crippen LogP contribution in [0.3, 0.4) is 0 Å². The van der Waals surface area contributed by atoms with E-state index in [1.165, 1.54) is 4.88 Å². The number of aromatic nitrogens is 1. The predicted octanol–water partition coefficient (Wildman–Crippen LogP) is 3.22. The molecular weight excluding hydrogens is 270 g/mol. The summed E-state index contributed by atoms with van der Waals surface area (Å²) in [6.07, 6.45) is 0.828. The van der Waals surface area contributed by atoms with E-state index in [0.717, 1.165) is 17.7 Å². The first-order valence-electron chi connectivity index (χ1n) is 5.61. The van der Waals surface area contributed by atoms with Gasteiger partial charge in [0, 0.05) is 11.3 Å². The van der Waals surface area contributed by atoms with Gasteiger partial charge in [-0.1, -0.05) is 17.7 Å². The summed E-state index contributed by atoms with van der Waals surface area (Å²) in [5.41, 5.74) is 3.68. The van der Waals surface area contributed by atoms with Crippen molar-refractivity contribution in [1.29, 1.82) is 0 Å². The van der Waals surface area contributed by atoms with E-state index in [1.807, 2.05) is 12.4 Å². The van der Waals surface area contributed by atoms with Gasteiger partial charge in [0.2, 0.25) is 0 Å². The van der Waals surface area contributed by atoms with E-state index in [0.29, 0.717) is 17.4 Å². The number of hydrogen-bond donors (Lipinski definition) is 1. The Morgan fingerprint density at radius 1 is 1.44 bits per heavy atom. The predicted molar refractivity (Wildman–Crippen MR) is 73.4 cm³/mol. The SMILES string of the molecule is Cc1ncsc1CCOc1ccc(CO)cc1Cl. The van der Waals surface area contributed by atoms with Crippen LogP contribution in [-0.4, -0.2) is 16.7 Å². The van der Waals surface area contributed by atoms with E-state index in [4.69, 9.17) is 21.4 Å². The maximum Gasteiger partial charge on any atom is 0.137 e. The fraction of sp³-hybridized carbons (Fsp3) is 0.308. The molecule has 0 aliphatic rings. The Morgan fingerprint density at radius 3 is 2.89 bits per heavy atom. The molecule has 1 aromatic heterocycles. The van der Waals surface area contributed by atoms with Gasteiger partial charge in [0.25, 0.3) is 0 Å². The highest BCUT2D eigenvalue weighted by Crippen LogP contribution is 2.25. The van der Waals surface area contributed by atoms with Crippen molar-refractivity contribution in [3.63, 3.8) is 0 Å². The number of thiazole rings is 1. The molecule has 0 amide bonds. The van der Waals surface area contributed by atoms with E-state index < -0.39 is 0 Å². The van der Waals surface area contributed by atoms with Gasteiger partial charge in [-0.25, -0.2) is 4.98 Å². The van der Waals surface area contributed by atoms with Crippen LogP contribution in [0.2, 0.25) is 5.02 Å². The van der Waals surface area contributed by atoms with Crippen molar-refractivity contribution in [2.75, 3.05) is 6.61 Å². The number of ether oxygens (including phenoxy) is 1. The van der Waals surface area contributed by atoms with Gasteiger partial charge in [-0.05, 0) is 24.6 Å². The van der Waals surface area contributed by atoms with Gasteiger partial charge in [0.05, 0.1) is 29.4 Å². The molecule has 5 heteroatoms. The molecule has 2 rings (SSSR count). The minimum atomic E-state index is -0.0138. The van der Waals surface area contributed by atoms with Crippen LogP contribution in [0.15, 0.2) is 23.7 Å². The number of aryl methyl sites for hydroxylation is 1.